The molecule has 9 nitrogen and oxygen atoms in total. The maximum absolute atomic E-state index is 13.0. The fourth-order valence-corrected chi connectivity index (χ4v) is 5.30. The van der Waals surface area contributed by atoms with Gasteiger partial charge in [0, 0.05) is 23.5 Å². The van der Waals surface area contributed by atoms with Crippen molar-refractivity contribution in [2.24, 2.45) is 5.92 Å². The topological polar surface area (TPSA) is 121 Å². The van der Waals surface area contributed by atoms with Gasteiger partial charge in [0.25, 0.3) is 0 Å². The second kappa shape index (κ2) is 10.5. The zero-order chi connectivity index (χ0) is 26.8. The van der Waals surface area contributed by atoms with Crippen LogP contribution in [-0.4, -0.2) is 49.3 Å². The average Bonchev–Trinajstić information content (AvgIpc) is 3.52. The van der Waals surface area contributed by atoms with E-state index in [1.165, 1.54) is 7.11 Å². The Morgan fingerprint density at radius 1 is 0.868 bits per heavy atom. The molecule has 0 spiro atoms. The van der Waals surface area contributed by atoms with Crippen LogP contribution < -0.4 is 23.7 Å². The van der Waals surface area contributed by atoms with E-state index in [0.29, 0.717) is 35.2 Å². The van der Waals surface area contributed by atoms with Crippen LogP contribution in [0.1, 0.15) is 47.4 Å². The fourth-order valence-electron chi connectivity index (χ4n) is 5.30. The number of benzene rings is 3. The van der Waals surface area contributed by atoms with E-state index in [9.17, 15) is 19.8 Å². The molecule has 0 aromatic heterocycles. The molecule has 1 heterocycles. The van der Waals surface area contributed by atoms with Gasteiger partial charge in [-0.2, -0.15) is 0 Å². The lowest BCUT2D eigenvalue weighted by molar-refractivity contribution is -0.142. The van der Waals surface area contributed by atoms with Gasteiger partial charge in [0.05, 0.1) is 19.6 Å². The number of aliphatic carboxylic acids is 2. The van der Waals surface area contributed by atoms with Crippen molar-refractivity contribution in [3.63, 3.8) is 0 Å². The number of carboxylic acids is 2. The molecule has 2 N–H and O–H groups in total. The minimum atomic E-state index is -1.14. The highest BCUT2D eigenvalue weighted by molar-refractivity contribution is 5.79. The van der Waals surface area contributed by atoms with E-state index in [-0.39, 0.29) is 12.5 Å². The number of methoxy groups -OCH3 is 1. The lowest BCUT2D eigenvalue weighted by atomic mass is 9.79. The highest BCUT2D eigenvalue weighted by Crippen LogP contribution is 2.56. The standard InChI is InChI=1S/C29H28O9/c1-3-10-35-18-6-7-19-21(12-18)27(20-8-5-17(34-2)13-23(20)36-14-25(30)31)28(29(32)33)26(19)16-4-9-22-24(11-16)38-15-37-22/h4-9,11-13,26-28H,3,10,14-15H2,1-2H3,(H,30,31)(H,32,33)/t26?,27-,28?/m1/s1. The summed E-state index contributed by atoms with van der Waals surface area (Å²) in [4.78, 5) is 24.3. The predicted octanol–water partition coefficient (Wildman–Crippen LogP) is 4.65. The van der Waals surface area contributed by atoms with Gasteiger partial charge in [0.1, 0.15) is 17.2 Å². The Balaban J connectivity index is 1.69. The minimum Gasteiger partial charge on any atom is -0.497 e. The van der Waals surface area contributed by atoms with E-state index in [4.69, 9.17) is 23.7 Å². The largest absolute Gasteiger partial charge is 0.497 e. The van der Waals surface area contributed by atoms with E-state index in [1.54, 1.807) is 24.3 Å². The summed E-state index contributed by atoms with van der Waals surface area (Å²) < 4.78 is 27.9. The Morgan fingerprint density at radius 3 is 2.37 bits per heavy atom. The molecular weight excluding hydrogens is 492 g/mol. The first-order chi connectivity index (χ1) is 18.4. The second-order valence-corrected chi connectivity index (χ2v) is 9.16. The van der Waals surface area contributed by atoms with Crippen molar-refractivity contribution in [1.29, 1.82) is 0 Å². The van der Waals surface area contributed by atoms with Crippen molar-refractivity contribution >= 4 is 11.9 Å². The van der Waals surface area contributed by atoms with Crippen LogP contribution in [-0.2, 0) is 9.59 Å². The Kier molecular flexibility index (Phi) is 7.00. The summed E-state index contributed by atoms with van der Waals surface area (Å²) >= 11 is 0. The van der Waals surface area contributed by atoms with Gasteiger partial charge in [-0.15, -0.1) is 0 Å². The van der Waals surface area contributed by atoms with E-state index in [2.05, 4.69) is 0 Å². The van der Waals surface area contributed by atoms with Gasteiger partial charge in [-0.3, -0.25) is 4.79 Å². The van der Waals surface area contributed by atoms with Crippen LogP contribution in [0.5, 0.6) is 28.7 Å². The molecule has 3 aromatic rings. The molecule has 1 aliphatic heterocycles. The van der Waals surface area contributed by atoms with E-state index in [0.717, 1.165) is 23.1 Å². The fraction of sp³-hybridized carbons (Fsp3) is 0.310. The molecule has 0 radical (unpaired) electrons. The summed E-state index contributed by atoms with van der Waals surface area (Å²) in [6, 6.07) is 16.2. The Morgan fingerprint density at radius 2 is 1.63 bits per heavy atom. The predicted molar refractivity (Wildman–Crippen MR) is 136 cm³/mol. The van der Waals surface area contributed by atoms with Gasteiger partial charge in [-0.1, -0.05) is 25.1 Å². The molecule has 0 fully saturated rings. The van der Waals surface area contributed by atoms with E-state index >= 15 is 0 Å². The van der Waals surface area contributed by atoms with Crippen molar-refractivity contribution in [2.75, 3.05) is 27.1 Å². The van der Waals surface area contributed by atoms with Crippen molar-refractivity contribution < 1.29 is 43.5 Å². The quantitative estimate of drug-likeness (QED) is 0.393. The van der Waals surface area contributed by atoms with Crippen LogP contribution in [0.4, 0.5) is 0 Å². The van der Waals surface area contributed by atoms with Gasteiger partial charge in [-0.05, 0) is 53.4 Å². The number of hydrogen-bond donors (Lipinski definition) is 2. The number of ether oxygens (including phenoxy) is 5. The molecule has 9 heteroatoms. The zero-order valence-corrected chi connectivity index (χ0v) is 21.0. The molecule has 1 aliphatic carbocycles. The summed E-state index contributed by atoms with van der Waals surface area (Å²) in [5.41, 5.74) is 2.94. The maximum atomic E-state index is 13.0. The summed E-state index contributed by atoms with van der Waals surface area (Å²) in [6.45, 7) is 2.06. The number of fused-ring (bicyclic) bond motifs is 2. The average molecular weight is 521 g/mol. The highest BCUT2D eigenvalue weighted by atomic mass is 16.7. The third-order valence-corrected chi connectivity index (χ3v) is 6.87. The van der Waals surface area contributed by atoms with Crippen LogP contribution >= 0.6 is 0 Å². The van der Waals surface area contributed by atoms with Crippen LogP contribution in [0.15, 0.2) is 54.6 Å². The summed E-state index contributed by atoms with van der Waals surface area (Å²) in [6.07, 6.45) is 0.823. The van der Waals surface area contributed by atoms with Gasteiger partial charge >= 0.3 is 11.9 Å². The maximum Gasteiger partial charge on any atom is 0.341 e. The van der Waals surface area contributed by atoms with Crippen LogP contribution in [0, 0.1) is 5.92 Å². The van der Waals surface area contributed by atoms with Gasteiger partial charge in [-0.25, -0.2) is 4.79 Å². The lowest BCUT2D eigenvalue weighted by Gasteiger charge is -2.24. The molecule has 0 saturated heterocycles. The monoisotopic (exact) mass is 520 g/mol. The summed E-state index contributed by atoms with van der Waals surface area (Å²) in [5, 5.41) is 19.9. The Bertz CT molecular complexity index is 1370. The molecule has 0 amide bonds. The molecule has 0 bridgehead atoms. The minimum absolute atomic E-state index is 0.110. The summed E-state index contributed by atoms with van der Waals surface area (Å²) in [5.74, 6) is -1.72. The van der Waals surface area contributed by atoms with Gasteiger partial charge in [0.2, 0.25) is 6.79 Å². The molecule has 2 unspecified atom stereocenters. The smallest absolute Gasteiger partial charge is 0.341 e. The van der Waals surface area contributed by atoms with Crippen LogP contribution in [0.3, 0.4) is 0 Å². The molecule has 38 heavy (non-hydrogen) atoms. The van der Waals surface area contributed by atoms with Crippen molar-refractivity contribution in [3.8, 4) is 28.7 Å². The number of rotatable bonds is 10. The van der Waals surface area contributed by atoms with Gasteiger partial charge < -0.3 is 33.9 Å². The first-order valence-corrected chi connectivity index (χ1v) is 12.3. The van der Waals surface area contributed by atoms with Crippen LogP contribution in [0.2, 0.25) is 0 Å². The highest BCUT2D eigenvalue weighted by Gasteiger charge is 2.48. The molecule has 0 saturated carbocycles. The van der Waals surface area contributed by atoms with Crippen molar-refractivity contribution in [2.45, 2.75) is 25.2 Å². The normalized spacial score (nSPS) is 19.1. The van der Waals surface area contributed by atoms with Crippen LogP contribution in [0.25, 0.3) is 0 Å². The SMILES string of the molecule is CCCOc1ccc2c(c1)[C@@H](c1ccc(OC)cc1OCC(=O)O)C(C(=O)O)C2c1ccc2c(c1)OCO2. The van der Waals surface area contributed by atoms with Crippen molar-refractivity contribution in [1.82, 2.24) is 0 Å². The molecule has 198 valence electrons. The number of hydrogen-bond acceptors (Lipinski definition) is 7. The van der Waals surface area contributed by atoms with E-state index < -0.39 is 36.3 Å². The lowest BCUT2D eigenvalue weighted by Crippen LogP contribution is -2.24. The molecule has 3 atom stereocenters. The molecule has 3 aromatic carbocycles. The van der Waals surface area contributed by atoms with Crippen molar-refractivity contribution in [3.05, 3.63) is 76.9 Å². The number of carbonyl (C=O) groups is 2. The summed E-state index contributed by atoms with van der Waals surface area (Å²) in [7, 11) is 1.49. The Labute approximate surface area is 219 Å². The zero-order valence-electron chi connectivity index (χ0n) is 21.0. The number of carboxylic acid groups (broad SMARTS) is 2. The second-order valence-electron chi connectivity index (χ2n) is 9.16. The first kappa shape index (κ1) is 25.3. The molecular formula is C29H28O9. The Hall–Kier alpha value is -4.40. The first-order valence-electron chi connectivity index (χ1n) is 12.3. The van der Waals surface area contributed by atoms with E-state index in [1.807, 2.05) is 37.3 Å². The molecule has 5 rings (SSSR count). The molecule has 2 aliphatic rings. The third kappa shape index (κ3) is 4.67. The third-order valence-electron chi connectivity index (χ3n) is 6.87. The van der Waals surface area contributed by atoms with Gasteiger partial charge in [0.15, 0.2) is 18.1 Å².